The summed E-state index contributed by atoms with van der Waals surface area (Å²) in [5.41, 5.74) is 4.07. The van der Waals surface area contributed by atoms with Crippen LogP contribution < -0.4 is 10.1 Å². The van der Waals surface area contributed by atoms with Gasteiger partial charge in [-0.05, 0) is 12.3 Å². The largest absolute Gasteiger partial charge is 0.492 e. The highest BCUT2D eigenvalue weighted by atomic mass is 16.5. The monoisotopic (exact) mass is 219 g/mol. The zero-order chi connectivity index (χ0) is 11.8. The summed E-state index contributed by atoms with van der Waals surface area (Å²) in [4.78, 5) is 0. The Kier molecular flexibility index (Phi) is 2.94. The molecule has 2 nitrogen and oxygen atoms in total. The predicted molar refractivity (Wildman–Crippen MR) is 67.1 cm³/mol. The van der Waals surface area contributed by atoms with Crippen LogP contribution in [0.1, 0.15) is 37.5 Å². The van der Waals surface area contributed by atoms with Crippen molar-refractivity contribution in [1.82, 2.24) is 5.32 Å². The topological polar surface area (TPSA) is 21.3 Å². The molecule has 16 heavy (non-hydrogen) atoms. The Morgan fingerprint density at radius 2 is 2.00 bits per heavy atom. The lowest BCUT2D eigenvalue weighted by molar-refractivity contribution is 0.317. The molecule has 2 heteroatoms. The van der Waals surface area contributed by atoms with Gasteiger partial charge in [-0.2, -0.15) is 0 Å². The van der Waals surface area contributed by atoms with E-state index in [1.54, 1.807) is 0 Å². The van der Waals surface area contributed by atoms with Gasteiger partial charge in [0.05, 0.1) is 0 Å². The molecule has 0 saturated heterocycles. The fraction of sp³-hybridized carbons (Fsp3) is 0.571. The van der Waals surface area contributed by atoms with Crippen LogP contribution >= 0.6 is 0 Å². The third-order valence-corrected chi connectivity index (χ3v) is 2.96. The van der Waals surface area contributed by atoms with Crippen molar-refractivity contribution < 1.29 is 4.74 Å². The van der Waals surface area contributed by atoms with Crippen LogP contribution in [0.5, 0.6) is 5.75 Å². The molecule has 1 aliphatic heterocycles. The molecular weight excluding hydrogens is 198 g/mol. The van der Waals surface area contributed by atoms with E-state index >= 15 is 0 Å². The van der Waals surface area contributed by atoms with Gasteiger partial charge in [-0.15, -0.1) is 0 Å². The van der Waals surface area contributed by atoms with Crippen molar-refractivity contribution >= 4 is 0 Å². The molecule has 1 N–H and O–H groups in total. The summed E-state index contributed by atoms with van der Waals surface area (Å²) in [5.74, 6) is 1.10. The van der Waals surface area contributed by atoms with Crippen LogP contribution in [0.3, 0.4) is 0 Å². The summed E-state index contributed by atoms with van der Waals surface area (Å²) in [6, 6.07) is 4.48. The summed E-state index contributed by atoms with van der Waals surface area (Å²) < 4.78 is 5.90. The second-order valence-electron chi connectivity index (χ2n) is 5.58. The highest BCUT2D eigenvalue weighted by molar-refractivity contribution is 5.48. The number of benzene rings is 1. The van der Waals surface area contributed by atoms with Gasteiger partial charge < -0.3 is 10.1 Å². The minimum atomic E-state index is 0.139. The van der Waals surface area contributed by atoms with E-state index in [0.29, 0.717) is 0 Å². The molecule has 0 unspecified atom stereocenters. The molecule has 0 saturated carbocycles. The molecule has 0 bridgehead atoms. The summed E-state index contributed by atoms with van der Waals surface area (Å²) in [6.45, 7) is 11.5. The smallest absolute Gasteiger partial charge is 0.127 e. The maximum atomic E-state index is 5.90. The van der Waals surface area contributed by atoms with Crippen molar-refractivity contribution in [2.24, 2.45) is 0 Å². The number of hydrogen-bond acceptors (Lipinski definition) is 2. The van der Waals surface area contributed by atoms with Crippen LogP contribution in [-0.2, 0) is 12.0 Å². The summed E-state index contributed by atoms with van der Waals surface area (Å²) >= 11 is 0. The van der Waals surface area contributed by atoms with Crippen molar-refractivity contribution in [3.8, 4) is 5.75 Å². The van der Waals surface area contributed by atoms with Crippen LogP contribution in [0.15, 0.2) is 12.1 Å². The molecule has 0 aliphatic carbocycles. The lowest BCUT2D eigenvalue weighted by atomic mass is 9.84. The molecule has 0 atom stereocenters. The fourth-order valence-electron chi connectivity index (χ4n) is 2.16. The molecule has 0 radical (unpaired) electrons. The number of ether oxygens (including phenoxy) is 1. The Bertz CT molecular complexity index is 390. The number of fused-ring (bicyclic) bond motifs is 1. The normalized spacial score (nSPS) is 16.2. The minimum absolute atomic E-state index is 0.139. The van der Waals surface area contributed by atoms with E-state index in [4.69, 9.17) is 4.74 Å². The van der Waals surface area contributed by atoms with Gasteiger partial charge in [-0.3, -0.25) is 0 Å². The standard InChI is InChI=1S/C14H21NO/c1-10-7-11-9-15-5-6-16-13(11)12(8-10)14(2,3)4/h7-8,15H,5-6,9H2,1-4H3. The van der Waals surface area contributed by atoms with Crippen molar-refractivity contribution in [3.05, 3.63) is 28.8 Å². The molecule has 1 aromatic carbocycles. The molecular formula is C14H21NO. The molecule has 0 amide bonds. The Hall–Kier alpha value is -1.02. The van der Waals surface area contributed by atoms with Crippen LogP contribution in [-0.4, -0.2) is 13.2 Å². The highest BCUT2D eigenvalue weighted by Crippen LogP contribution is 2.35. The van der Waals surface area contributed by atoms with E-state index in [1.165, 1.54) is 16.7 Å². The average Bonchev–Trinajstić information content (AvgIpc) is 2.39. The molecule has 1 aliphatic rings. The summed E-state index contributed by atoms with van der Waals surface area (Å²) in [7, 11) is 0. The molecule has 2 rings (SSSR count). The van der Waals surface area contributed by atoms with E-state index in [-0.39, 0.29) is 5.41 Å². The Morgan fingerprint density at radius 1 is 1.25 bits per heavy atom. The number of rotatable bonds is 0. The van der Waals surface area contributed by atoms with E-state index in [9.17, 15) is 0 Å². The second-order valence-corrected chi connectivity index (χ2v) is 5.58. The lowest BCUT2D eigenvalue weighted by Gasteiger charge is -2.24. The maximum absolute atomic E-state index is 5.90. The van der Waals surface area contributed by atoms with Crippen LogP contribution in [0.4, 0.5) is 0 Å². The van der Waals surface area contributed by atoms with Gasteiger partial charge in [-0.1, -0.05) is 38.5 Å². The zero-order valence-corrected chi connectivity index (χ0v) is 10.7. The minimum Gasteiger partial charge on any atom is -0.492 e. The zero-order valence-electron chi connectivity index (χ0n) is 10.7. The molecule has 1 aromatic rings. The third kappa shape index (κ3) is 2.22. The van der Waals surface area contributed by atoms with Gasteiger partial charge in [0, 0.05) is 24.2 Å². The van der Waals surface area contributed by atoms with E-state index in [0.717, 1.165) is 25.4 Å². The highest BCUT2D eigenvalue weighted by Gasteiger charge is 2.23. The number of aryl methyl sites for hydroxylation is 1. The Labute approximate surface area is 98.0 Å². The first-order valence-corrected chi connectivity index (χ1v) is 5.96. The average molecular weight is 219 g/mol. The van der Waals surface area contributed by atoms with E-state index in [1.807, 2.05) is 0 Å². The lowest BCUT2D eigenvalue weighted by Crippen LogP contribution is -2.16. The van der Waals surface area contributed by atoms with Crippen LogP contribution in [0, 0.1) is 6.92 Å². The van der Waals surface area contributed by atoms with Crippen molar-refractivity contribution in [2.45, 2.75) is 39.7 Å². The first-order chi connectivity index (χ1) is 7.48. The molecule has 0 aromatic heterocycles. The van der Waals surface area contributed by atoms with Gasteiger partial charge in [0.15, 0.2) is 0 Å². The van der Waals surface area contributed by atoms with Crippen molar-refractivity contribution in [1.29, 1.82) is 0 Å². The van der Waals surface area contributed by atoms with Crippen LogP contribution in [0.2, 0.25) is 0 Å². The van der Waals surface area contributed by atoms with Gasteiger partial charge in [0.25, 0.3) is 0 Å². The molecule has 0 fully saturated rings. The quantitative estimate of drug-likeness (QED) is 0.724. The maximum Gasteiger partial charge on any atom is 0.127 e. The van der Waals surface area contributed by atoms with Gasteiger partial charge in [0.2, 0.25) is 0 Å². The van der Waals surface area contributed by atoms with Gasteiger partial charge >= 0.3 is 0 Å². The number of hydrogen-bond donors (Lipinski definition) is 1. The van der Waals surface area contributed by atoms with Crippen LogP contribution in [0.25, 0.3) is 0 Å². The SMILES string of the molecule is Cc1cc2c(c(C(C)(C)C)c1)OCCNC2. The van der Waals surface area contributed by atoms with E-state index in [2.05, 4.69) is 45.1 Å². The van der Waals surface area contributed by atoms with Gasteiger partial charge in [0.1, 0.15) is 12.4 Å². The fourth-order valence-corrected chi connectivity index (χ4v) is 2.16. The second kappa shape index (κ2) is 4.10. The van der Waals surface area contributed by atoms with E-state index < -0.39 is 0 Å². The summed E-state index contributed by atoms with van der Waals surface area (Å²) in [6.07, 6.45) is 0. The Morgan fingerprint density at radius 3 is 2.69 bits per heavy atom. The molecule has 1 heterocycles. The number of nitrogens with one attached hydrogen (secondary N) is 1. The molecule has 0 spiro atoms. The van der Waals surface area contributed by atoms with Gasteiger partial charge in [-0.25, -0.2) is 0 Å². The molecule has 88 valence electrons. The van der Waals surface area contributed by atoms with Crippen molar-refractivity contribution in [3.63, 3.8) is 0 Å². The Balaban J connectivity index is 2.55. The van der Waals surface area contributed by atoms with Crippen molar-refractivity contribution in [2.75, 3.05) is 13.2 Å². The first kappa shape index (κ1) is 11.5. The predicted octanol–water partition coefficient (Wildman–Crippen LogP) is 2.77. The first-order valence-electron chi connectivity index (χ1n) is 5.96. The third-order valence-electron chi connectivity index (χ3n) is 2.96. The summed E-state index contributed by atoms with van der Waals surface area (Å²) in [5, 5.41) is 3.38.